The maximum Gasteiger partial charge on any atom is 0.306 e. The van der Waals surface area contributed by atoms with Gasteiger partial charge in [-0.05, 0) is 44.9 Å². The third kappa shape index (κ3) is 3.37. The van der Waals surface area contributed by atoms with Gasteiger partial charge in [0.15, 0.2) is 0 Å². The number of carboxylic acid groups (broad SMARTS) is 1. The van der Waals surface area contributed by atoms with E-state index < -0.39 is 11.6 Å². The highest BCUT2D eigenvalue weighted by molar-refractivity contribution is 5.70. The molecule has 0 aliphatic heterocycles. The molecule has 5 atom stereocenters. The van der Waals surface area contributed by atoms with Gasteiger partial charge in [0.25, 0.3) is 0 Å². The van der Waals surface area contributed by atoms with Crippen LogP contribution in [-0.4, -0.2) is 29.8 Å². The molecule has 1 fully saturated rings. The maximum absolute atomic E-state index is 11.2. The van der Waals surface area contributed by atoms with Crippen molar-refractivity contribution in [1.82, 2.24) is 0 Å². The maximum atomic E-state index is 11.2. The summed E-state index contributed by atoms with van der Waals surface area (Å²) in [6.45, 7) is 6.03. The quantitative estimate of drug-likeness (QED) is 0.726. The molecule has 110 valence electrons. The molecule has 1 rings (SSSR count). The Kier molecular flexibility index (Phi) is 5.56. The highest BCUT2D eigenvalue weighted by Gasteiger charge is 2.45. The first-order chi connectivity index (χ1) is 8.89. The number of nitrogens with two attached hydrogens (primary N) is 1. The van der Waals surface area contributed by atoms with Gasteiger partial charge in [-0.15, -0.1) is 0 Å². The lowest BCUT2D eigenvalue weighted by atomic mass is 9.79. The third-order valence-corrected chi connectivity index (χ3v) is 4.79. The Bertz CT molecular complexity index is 336. The van der Waals surface area contributed by atoms with Crippen LogP contribution in [0.3, 0.4) is 0 Å². The van der Waals surface area contributed by atoms with E-state index in [2.05, 4.69) is 13.0 Å². The summed E-state index contributed by atoms with van der Waals surface area (Å²) in [5, 5.41) is 9.22. The number of hydrogen-bond acceptors (Lipinski definition) is 3. The van der Waals surface area contributed by atoms with E-state index in [-0.39, 0.29) is 23.8 Å². The molecule has 0 aromatic rings. The number of methoxy groups -OCH3 is 1. The van der Waals surface area contributed by atoms with Crippen LogP contribution in [0.25, 0.3) is 0 Å². The van der Waals surface area contributed by atoms with E-state index in [9.17, 15) is 9.90 Å². The van der Waals surface area contributed by atoms with Gasteiger partial charge in [-0.25, -0.2) is 0 Å². The van der Waals surface area contributed by atoms with Gasteiger partial charge in [0, 0.05) is 13.2 Å². The minimum Gasteiger partial charge on any atom is -0.481 e. The molecule has 0 unspecified atom stereocenters. The second-order valence-electron chi connectivity index (χ2n) is 5.76. The van der Waals surface area contributed by atoms with Crippen LogP contribution < -0.4 is 5.73 Å². The third-order valence-electron chi connectivity index (χ3n) is 4.79. The van der Waals surface area contributed by atoms with Crippen molar-refractivity contribution in [3.05, 3.63) is 12.2 Å². The summed E-state index contributed by atoms with van der Waals surface area (Å²) < 4.78 is 5.59. The van der Waals surface area contributed by atoms with Crippen LogP contribution >= 0.6 is 0 Å². The van der Waals surface area contributed by atoms with Crippen molar-refractivity contribution in [3.8, 4) is 0 Å². The van der Waals surface area contributed by atoms with E-state index in [1.165, 1.54) is 0 Å². The van der Waals surface area contributed by atoms with Gasteiger partial charge in [0.2, 0.25) is 0 Å². The number of carbonyl (C=O) groups is 1. The first kappa shape index (κ1) is 16.2. The van der Waals surface area contributed by atoms with E-state index in [1.54, 1.807) is 7.11 Å². The van der Waals surface area contributed by atoms with E-state index >= 15 is 0 Å². The second kappa shape index (κ2) is 6.53. The SMILES string of the molecule is C/C=C\[C@@H]1C[C@H](C(=O)O)C[C@H]1[C@@H](N)[C@](C)(CC)OC. The van der Waals surface area contributed by atoms with Gasteiger partial charge in [0.1, 0.15) is 0 Å². The van der Waals surface area contributed by atoms with Crippen LogP contribution in [0.4, 0.5) is 0 Å². The molecule has 0 heterocycles. The molecule has 0 amide bonds. The van der Waals surface area contributed by atoms with Gasteiger partial charge >= 0.3 is 5.97 Å². The van der Waals surface area contributed by atoms with Gasteiger partial charge in [-0.2, -0.15) is 0 Å². The van der Waals surface area contributed by atoms with Crippen LogP contribution in [0.15, 0.2) is 12.2 Å². The molecule has 19 heavy (non-hydrogen) atoms. The zero-order chi connectivity index (χ0) is 14.6. The molecule has 1 saturated carbocycles. The summed E-state index contributed by atoms with van der Waals surface area (Å²) >= 11 is 0. The molecule has 3 N–H and O–H groups in total. The first-order valence-corrected chi connectivity index (χ1v) is 7.06. The Morgan fingerprint density at radius 3 is 2.63 bits per heavy atom. The summed E-state index contributed by atoms with van der Waals surface area (Å²) in [5.74, 6) is -0.584. The smallest absolute Gasteiger partial charge is 0.306 e. The van der Waals surface area contributed by atoms with Crippen molar-refractivity contribution in [3.63, 3.8) is 0 Å². The molecule has 1 aliphatic rings. The van der Waals surface area contributed by atoms with Crippen molar-refractivity contribution in [2.24, 2.45) is 23.5 Å². The summed E-state index contributed by atoms with van der Waals surface area (Å²) in [5.41, 5.74) is 6.02. The van der Waals surface area contributed by atoms with Crippen LogP contribution in [0.1, 0.15) is 40.0 Å². The predicted molar refractivity (Wildman–Crippen MR) is 75.8 cm³/mol. The molecule has 4 nitrogen and oxygen atoms in total. The second-order valence-corrected chi connectivity index (χ2v) is 5.76. The van der Waals surface area contributed by atoms with Gasteiger partial charge in [-0.3, -0.25) is 4.79 Å². The Hall–Kier alpha value is -0.870. The molecule has 0 bridgehead atoms. The molecule has 0 aromatic carbocycles. The predicted octanol–water partition coefficient (Wildman–Crippen LogP) is 2.43. The molecule has 0 aromatic heterocycles. The Morgan fingerprint density at radius 1 is 1.58 bits per heavy atom. The summed E-state index contributed by atoms with van der Waals surface area (Å²) in [6.07, 6.45) is 6.23. The van der Waals surface area contributed by atoms with Gasteiger partial charge in [0.05, 0.1) is 11.5 Å². The number of rotatable bonds is 6. The lowest BCUT2D eigenvalue weighted by molar-refractivity contribution is -0.141. The highest BCUT2D eigenvalue weighted by atomic mass is 16.5. The van der Waals surface area contributed by atoms with Crippen LogP contribution in [0.2, 0.25) is 0 Å². The van der Waals surface area contributed by atoms with Gasteiger partial charge in [-0.1, -0.05) is 19.1 Å². The summed E-state index contributed by atoms with van der Waals surface area (Å²) in [6, 6.07) is -0.145. The molecule has 1 aliphatic carbocycles. The van der Waals surface area contributed by atoms with Crippen molar-refractivity contribution in [2.45, 2.75) is 51.7 Å². The van der Waals surface area contributed by atoms with Crippen LogP contribution in [0, 0.1) is 17.8 Å². The lowest BCUT2D eigenvalue weighted by Crippen LogP contribution is -2.52. The standard InChI is InChI=1S/C15H27NO3/c1-5-7-10-8-11(14(17)18)9-12(10)13(16)15(3,6-2)19-4/h5,7,10-13H,6,8-9,16H2,1-4H3,(H,17,18)/b7-5-/t10-,11+,12-,13-,15+/m1/s1. The first-order valence-electron chi connectivity index (χ1n) is 7.06. The Balaban J connectivity index is 2.92. The average Bonchev–Trinajstić information content (AvgIpc) is 2.81. The van der Waals surface area contributed by atoms with Gasteiger partial charge < -0.3 is 15.6 Å². The van der Waals surface area contributed by atoms with Crippen LogP contribution in [0.5, 0.6) is 0 Å². The van der Waals surface area contributed by atoms with E-state index in [0.29, 0.717) is 12.8 Å². The minimum atomic E-state index is -0.708. The summed E-state index contributed by atoms with van der Waals surface area (Å²) in [7, 11) is 1.68. The van der Waals surface area contributed by atoms with E-state index in [0.717, 1.165) is 6.42 Å². The fourth-order valence-electron chi connectivity index (χ4n) is 3.15. The number of carboxylic acids is 1. The molecular weight excluding hydrogens is 242 g/mol. The number of allylic oxidation sites excluding steroid dienone is 2. The molecule has 0 saturated heterocycles. The molecule has 0 radical (unpaired) electrons. The largest absolute Gasteiger partial charge is 0.481 e. The number of aliphatic carboxylic acids is 1. The van der Waals surface area contributed by atoms with Crippen molar-refractivity contribution >= 4 is 5.97 Å². The van der Waals surface area contributed by atoms with E-state index in [4.69, 9.17) is 10.5 Å². The monoisotopic (exact) mass is 269 g/mol. The normalized spacial score (nSPS) is 32.4. The number of ether oxygens (including phenoxy) is 1. The van der Waals surface area contributed by atoms with Crippen molar-refractivity contribution < 1.29 is 14.6 Å². The zero-order valence-electron chi connectivity index (χ0n) is 12.4. The molecular formula is C15H27NO3. The van der Waals surface area contributed by atoms with Crippen LogP contribution in [-0.2, 0) is 9.53 Å². The molecule has 4 heteroatoms. The fourth-order valence-corrected chi connectivity index (χ4v) is 3.15. The zero-order valence-corrected chi connectivity index (χ0v) is 12.4. The summed E-state index contributed by atoms with van der Waals surface area (Å²) in [4.78, 5) is 11.2. The average molecular weight is 269 g/mol. The topological polar surface area (TPSA) is 72.5 Å². The highest BCUT2D eigenvalue weighted by Crippen LogP contribution is 2.42. The minimum absolute atomic E-state index is 0.145. The number of hydrogen-bond donors (Lipinski definition) is 2. The van der Waals surface area contributed by atoms with E-state index in [1.807, 2.05) is 19.9 Å². The molecule has 0 spiro atoms. The van der Waals surface area contributed by atoms with Crippen molar-refractivity contribution in [2.75, 3.05) is 7.11 Å². The Morgan fingerprint density at radius 2 is 2.21 bits per heavy atom. The lowest BCUT2D eigenvalue weighted by Gasteiger charge is -2.38. The van der Waals surface area contributed by atoms with Crippen molar-refractivity contribution in [1.29, 1.82) is 0 Å². The Labute approximate surface area is 116 Å². The fraction of sp³-hybridized carbons (Fsp3) is 0.800.